The fourth-order valence-electron chi connectivity index (χ4n) is 2.82. The highest BCUT2D eigenvalue weighted by atomic mass is 127. The minimum Gasteiger partial charge on any atom is -0.485 e. The van der Waals surface area contributed by atoms with E-state index < -0.39 is 24.0 Å². The summed E-state index contributed by atoms with van der Waals surface area (Å²) in [7, 11) is 3.10. The summed E-state index contributed by atoms with van der Waals surface area (Å²) in [6.07, 6.45) is 0.248. The molecule has 0 bridgehead atoms. The van der Waals surface area contributed by atoms with Crippen molar-refractivity contribution in [3.05, 3.63) is 60.4 Å². The summed E-state index contributed by atoms with van der Waals surface area (Å²) in [5.74, 6) is -0.490. The molecular formula is C19H19FIN3O5. The number of hydrogen-bond acceptors (Lipinski definition) is 6. The van der Waals surface area contributed by atoms with E-state index in [1.165, 1.54) is 40.6 Å². The highest BCUT2D eigenvalue weighted by Crippen LogP contribution is 2.26. The van der Waals surface area contributed by atoms with Crippen molar-refractivity contribution in [1.29, 1.82) is 0 Å². The first kappa shape index (κ1) is 21.3. The normalized spacial score (nSPS) is 12.2. The topological polar surface area (TPSA) is 106 Å². The van der Waals surface area contributed by atoms with E-state index in [1.807, 2.05) is 22.6 Å². The highest BCUT2D eigenvalue weighted by molar-refractivity contribution is 14.1. The first-order valence-corrected chi connectivity index (χ1v) is 9.68. The monoisotopic (exact) mass is 515 g/mol. The van der Waals surface area contributed by atoms with Crippen molar-refractivity contribution in [1.82, 2.24) is 9.13 Å². The molecule has 0 aliphatic rings. The lowest BCUT2D eigenvalue weighted by molar-refractivity contribution is 0.0531. The van der Waals surface area contributed by atoms with Gasteiger partial charge in [-0.05, 0) is 40.8 Å². The number of rotatable bonds is 6. The minimum atomic E-state index is -1.14. The molecule has 0 radical (unpaired) electrons. The summed E-state index contributed by atoms with van der Waals surface area (Å²) in [5, 5.41) is 21.4. The van der Waals surface area contributed by atoms with Crippen LogP contribution in [0.5, 0.6) is 5.75 Å². The molecule has 3 rings (SSSR count). The van der Waals surface area contributed by atoms with E-state index in [2.05, 4.69) is 5.32 Å². The van der Waals surface area contributed by atoms with E-state index in [0.717, 1.165) is 0 Å². The summed E-state index contributed by atoms with van der Waals surface area (Å²) in [5.41, 5.74) is -0.476. The molecule has 3 N–H and O–H groups in total. The van der Waals surface area contributed by atoms with Gasteiger partial charge in [0.05, 0.1) is 29.4 Å². The Hall–Kier alpha value is -2.44. The fraction of sp³-hybridized carbons (Fsp3) is 0.263. The van der Waals surface area contributed by atoms with Crippen molar-refractivity contribution in [2.75, 3.05) is 18.5 Å². The number of halogens is 2. The van der Waals surface area contributed by atoms with Crippen LogP contribution >= 0.6 is 22.6 Å². The van der Waals surface area contributed by atoms with Crippen LogP contribution in [0.3, 0.4) is 0 Å². The quantitative estimate of drug-likeness (QED) is 0.430. The van der Waals surface area contributed by atoms with Gasteiger partial charge in [-0.25, -0.2) is 4.39 Å². The number of ether oxygens (including phenoxy) is 1. The molecular weight excluding hydrogens is 496 g/mol. The number of benzene rings is 1. The Morgan fingerprint density at radius 3 is 2.66 bits per heavy atom. The number of anilines is 2. The van der Waals surface area contributed by atoms with Crippen LogP contribution in [0, 0.1) is 9.39 Å². The van der Waals surface area contributed by atoms with Gasteiger partial charge in [-0.2, -0.15) is 0 Å². The number of hydrogen-bond donors (Lipinski definition) is 3. The third-order valence-corrected chi connectivity index (χ3v) is 5.06. The molecule has 10 heteroatoms. The van der Waals surface area contributed by atoms with E-state index in [9.17, 15) is 19.1 Å². The lowest BCUT2D eigenvalue weighted by Crippen LogP contribution is -2.26. The van der Waals surface area contributed by atoms with E-state index in [-0.39, 0.29) is 34.8 Å². The van der Waals surface area contributed by atoms with Crippen LogP contribution in [-0.4, -0.2) is 38.7 Å². The van der Waals surface area contributed by atoms with Gasteiger partial charge >= 0.3 is 0 Å². The Kier molecular flexibility index (Phi) is 6.24. The van der Waals surface area contributed by atoms with Crippen LogP contribution in [-0.2, 0) is 14.1 Å². The smallest absolute Gasteiger partial charge is 0.253 e. The fourth-order valence-corrected chi connectivity index (χ4v) is 3.27. The number of pyridine rings is 2. The first-order chi connectivity index (χ1) is 13.7. The molecule has 1 aromatic carbocycles. The van der Waals surface area contributed by atoms with Crippen LogP contribution in [0.15, 0.2) is 40.1 Å². The molecule has 2 aromatic heterocycles. The molecule has 0 saturated heterocycles. The molecule has 0 saturated carbocycles. The van der Waals surface area contributed by atoms with Crippen LogP contribution in [0.2, 0.25) is 0 Å². The Morgan fingerprint density at radius 2 is 2.00 bits per heavy atom. The standard InChI is InChI=1S/C19H19FIN3O5/c1-23-7-15(29-9-11(26)8-25)18(28)17-14(23)6-16(27)24(2)19(17)22-13-4-3-10(21)5-12(13)20/h3-7,11,22,25-26H,8-9H2,1-2H3/t11-/m1/s1. The maximum atomic E-state index is 14.4. The Morgan fingerprint density at radius 1 is 1.28 bits per heavy atom. The van der Waals surface area contributed by atoms with E-state index >= 15 is 0 Å². The molecule has 29 heavy (non-hydrogen) atoms. The molecule has 0 amide bonds. The molecule has 0 aliphatic carbocycles. The molecule has 8 nitrogen and oxygen atoms in total. The van der Waals surface area contributed by atoms with Crippen molar-refractivity contribution >= 4 is 45.0 Å². The molecule has 1 atom stereocenters. The molecule has 0 fully saturated rings. The van der Waals surface area contributed by atoms with Gasteiger partial charge in [0, 0.05) is 23.7 Å². The lowest BCUT2D eigenvalue weighted by Gasteiger charge is -2.17. The maximum absolute atomic E-state index is 14.4. The Bertz CT molecular complexity index is 1190. The average molecular weight is 515 g/mol. The summed E-state index contributed by atoms with van der Waals surface area (Å²) in [6, 6.07) is 5.84. The van der Waals surface area contributed by atoms with Gasteiger partial charge in [-0.15, -0.1) is 0 Å². The van der Waals surface area contributed by atoms with Gasteiger partial charge in [0.2, 0.25) is 5.43 Å². The summed E-state index contributed by atoms with van der Waals surface area (Å²) >= 11 is 1.98. The van der Waals surface area contributed by atoms with Crippen molar-refractivity contribution in [2.24, 2.45) is 14.1 Å². The van der Waals surface area contributed by atoms with E-state index in [1.54, 1.807) is 13.1 Å². The zero-order valence-electron chi connectivity index (χ0n) is 15.6. The van der Waals surface area contributed by atoms with Crippen molar-refractivity contribution in [3.8, 4) is 5.75 Å². The van der Waals surface area contributed by atoms with Crippen LogP contribution in [0.4, 0.5) is 15.9 Å². The molecule has 0 aliphatic heterocycles. The zero-order valence-corrected chi connectivity index (χ0v) is 17.8. The summed E-state index contributed by atoms with van der Waals surface area (Å²) < 4.78 is 23.2. The Labute approximate surface area is 178 Å². The number of nitrogens with one attached hydrogen (secondary N) is 1. The first-order valence-electron chi connectivity index (χ1n) is 8.60. The summed E-state index contributed by atoms with van der Waals surface area (Å²) in [6.45, 7) is -0.793. The Balaban J connectivity index is 2.22. The van der Waals surface area contributed by atoms with Crippen molar-refractivity contribution in [2.45, 2.75) is 6.10 Å². The van der Waals surface area contributed by atoms with Crippen molar-refractivity contribution in [3.63, 3.8) is 0 Å². The van der Waals surface area contributed by atoms with Gasteiger partial charge in [0.1, 0.15) is 24.3 Å². The van der Waals surface area contributed by atoms with E-state index in [4.69, 9.17) is 9.84 Å². The summed E-state index contributed by atoms with van der Waals surface area (Å²) in [4.78, 5) is 25.5. The molecule has 0 spiro atoms. The van der Waals surface area contributed by atoms with Gasteiger partial charge < -0.3 is 24.8 Å². The molecule has 154 valence electrons. The van der Waals surface area contributed by atoms with E-state index in [0.29, 0.717) is 9.09 Å². The second-order valence-electron chi connectivity index (χ2n) is 6.48. The van der Waals surface area contributed by atoms with Crippen molar-refractivity contribution < 1.29 is 19.3 Å². The van der Waals surface area contributed by atoms with Gasteiger partial charge in [0.15, 0.2) is 5.75 Å². The lowest BCUT2D eigenvalue weighted by atomic mass is 10.2. The molecule has 3 aromatic rings. The van der Waals surface area contributed by atoms with Crippen LogP contribution in [0.25, 0.3) is 10.9 Å². The second kappa shape index (κ2) is 8.51. The number of aryl methyl sites for hydroxylation is 1. The number of nitrogens with zero attached hydrogens (tertiary/aromatic N) is 2. The van der Waals surface area contributed by atoms with Crippen LogP contribution in [0.1, 0.15) is 0 Å². The molecule has 0 unspecified atom stereocenters. The van der Waals surface area contributed by atoms with Gasteiger partial charge in [0.25, 0.3) is 5.56 Å². The predicted molar refractivity (Wildman–Crippen MR) is 115 cm³/mol. The van der Waals surface area contributed by atoms with Gasteiger partial charge in [-0.3, -0.25) is 14.2 Å². The average Bonchev–Trinajstić information content (AvgIpc) is 2.68. The number of fused-ring (bicyclic) bond motifs is 1. The number of aliphatic hydroxyl groups is 2. The minimum absolute atomic E-state index is 0.0720. The zero-order chi connectivity index (χ0) is 21.3. The second-order valence-corrected chi connectivity index (χ2v) is 7.73. The number of aromatic nitrogens is 2. The van der Waals surface area contributed by atoms with Crippen LogP contribution < -0.4 is 21.0 Å². The highest BCUT2D eigenvalue weighted by Gasteiger charge is 2.18. The molecule has 2 heterocycles. The maximum Gasteiger partial charge on any atom is 0.253 e. The largest absolute Gasteiger partial charge is 0.485 e. The number of aliphatic hydroxyl groups excluding tert-OH is 2. The SMILES string of the molecule is Cn1c(Nc2ccc(I)cc2F)c2c(=O)c(OC[C@H](O)CO)cn(C)c2cc1=O. The third kappa shape index (κ3) is 4.28. The van der Waals surface area contributed by atoms with Gasteiger partial charge in [-0.1, -0.05) is 0 Å². The predicted octanol–water partition coefficient (Wildman–Crippen LogP) is 1.46. The third-order valence-electron chi connectivity index (χ3n) is 4.39.